The highest BCUT2D eigenvalue weighted by Gasteiger charge is 2.08. The number of esters is 1. The molecule has 0 saturated carbocycles. The maximum Gasteiger partial charge on any atom is 0.354 e. The van der Waals surface area contributed by atoms with Gasteiger partial charge in [0.1, 0.15) is 5.69 Å². The summed E-state index contributed by atoms with van der Waals surface area (Å²) in [7, 11) is 1.34. The number of aryl methyl sites for hydroxylation is 1. The smallest absolute Gasteiger partial charge is 0.354 e. The third-order valence-electron chi connectivity index (χ3n) is 3.20. The SMILES string of the molecule is COC(=O)c1cc(CNc2cccc(CCC(=O)O)c2)c[nH]1. The number of carbonyl (C=O) groups excluding carboxylic acids is 1. The summed E-state index contributed by atoms with van der Waals surface area (Å²) in [5.74, 6) is -1.21. The first-order valence-electron chi connectivity index (χ1n) is 6.88. The van der Waals surface area contributed by atoms with Crippen molar-refractivity contribution in [2.45, 2.75) is 19.4 Å². The zero-order chi connectivity index (χ0) is 15.9. The number of anilines is 1. The van der Waals surface area contributed by atoms with Crippen molar-refractivity contribution in [3.05, 3.63) is 53.3 Å². The molecule has 0 atom stereocenters. The Morgan fingerprint density at radius 2 is 2.09 bits per heavy atom. The first kappa shape index (κ1) is 15.6. The molecule has 0 unspecified atom stereocenters. The van der Waals surface area contributed by atoms with Crippen LogP contribution in [0.2, 0.25) is 0 Å². The van der Waals surface area contributed by atoms with E-state index < -0.39 is 11.9 Å². The maximum absolute atomic E-state index is 11.4. The van der Waals surface area contributed by atoms with E-state index in [-0.39, 0.29) is 6.42 Å². The van der Waals surface area contributed by atoms with Crippen LogP contribution in [0.3, 0.4) is 0 Å². The molecule has 116 valence electrons. The van der Waals surface area contributed by atoms with Gasteiger partial charge in [-0.2, -0.15) is 0 Å². The highest BCUT2D eigenvalue weighted by molar-refractivity contribution is 5.87. The highest BCUT2D eigenvalue weighted by atomic mass is 16.5. The van der Waals surface area contributed by atoms with Gasteiger partial charge in [-0.15, -0.1) is 0 Å². The van der Waals surface area contributed by atoms with E-state index in [4.69, 9.17) is 5.11 Å². The number of methoxy groups -OCH3 is 1. The molecule has 0 aliphatic rings. The molecule has 0 amide bonds. The van der Waals surface area contributed by atoms with Gasteiger partial charge in [0.2, 0.25) is 0 Å². The van der Waals surface area contributed by atoms with E-state index in [1.165, 1.54) is 7.11 Å². The molecule has 1 aromatic carbocycles. The van der Waals surface area contributed by atoms with Gasteiger partial charge in [0, 0.05) is 24.8 Å². The number of nitrogens with one attached hydrogen (secondary N) is 2. The fourth-order valence-electron chi connectivity index (χ4n) is 2.06. The molecule has 0 saturated heterocycles. The van der Waals surface area contributed by atoms with Crippen LogP contribution in [0.25, 0.3) is 0 Å². The second-order valence-electron chi connectivity index (χ2n) is 4.86. The monoisotopic (exact) mass is 302 g/mol. The minimum Gasteiger partial charge on any atom is -0.481 e. The highest BCUT2D eigenvalue weighted by Crippen LogP contribution is 2.14. The van der Waals surface area contributed by atoms with Crippen LogP contribution in [0.15, 0.2) is 36.5 Å². The predicted molar refractivity (Wildman–Crippen MR) is 81.9 cm³/mol. The molecule has 2 rings (SSSR count). The molecule has 1 aromatic heterocycles. The van der Waals surface area contributed by atoms with E-state index in [9.17, 15) is 9.59 Å². The second-order valence-corrected chi connectivity index (χ2v) is 4.86. The van der Waals surface area contributed by atoms with Crippen molar-refractivity contribution in [3.63, 3.8) is 0 Å². The number of rotatable bonds is 7. The van der Waals surface area contributed by atoms with Gasteiger partial charge in [0.15, 0.2) is 0 Å². The minimum absolute atomic E-state index is 0.115. The summed E-state index contributed by atoms with van der Waals surface area (Å²) in [5.41, 5.74) is 3.21. The summed E-state index contributed by atoms with van der Waals surface area (Å²) in [5, 5.41) is 11.9. The molecule has 0 fully saturated rings. The molecule has 0 aliphatic carbocycles. The number of carboxylic acids is 1. The first-order valence-corrected chi connectivity index (χ1v) is 6.88. The van der Waals surface area contributed by atoms with Crippen molar-refractivity contribution in [2.75, 3.05) is 12.4 Å². The third kappa shape index (κ3) is 4.37. The lowest BCUT2D eigenvalue weighted by molar-refractivity contribution is -0.136. The zero-order valence-electron chi connectivity index (χ0n) is 12.3. The largest absolute Gasteiger partial charge is 0.481 e. The fraction of sp³-hybridized carbons (Fsp3) is 0.250. The lowest BCUT2D eigenvalue weighted by Crippen LogP contribution is -2.01. The van der Waals surface area contributed by atoms with E-state index in [0.717, 1.165) is 16.8 Å². The fourth-order valence-corrected chi connectivity index (χ4v) is 2.06. The first-order chi connectivity index (χ1) is 10.6. The Morgan fingerprint density at radius 1 is 1.27 bits per heavy atom. The lowest BCUT2D eigenvalue weighted by atomic mass is 10.1. The van der Waals surface area contributed by atoms with E-state index in [0.29, 0.717) is 18.7 Å². The standard InChI is InChI=1S/C16H18N2O4/c1-22-16(21)14-8-12(10-18-14)9-17-13-4-2-3-11(7-13)5-6-15(19)20/h2-4,7-8,10,17-18H,5-6,9H2,1H3,(H,19,20). The van der Waals surface area contributed by atoms with Crippen LogP contribution >= 0.6 is 0 Å². The Hall–Kier alpha value is -2.76. The number of benzene rings is 1. The lowest BCUT2D eigenvalue weighted by Gasteiger charge is -2.07. The van der Waals surface area contributed by atoms with Gasteiger partial charge < -0.3 is 20.1 Å². The van der Waals surface area contributed by atoms with Gasteiger partial charge in [-0.3, -0.25) is 4.79 Å². The molecule has 6 nitrogen and oxygen atoms in total. The van der Waals surface area contributed by atoms with Gasteiger partial charge >= 0.3 is 11.9 Å². The second kappa shape index (κ2) is 7.31. The van der Waals surface area contributed by atoms with Crippen LogP contribution in [0.4, 0.5) is 5.69 Å². The van der Waals surface area contributed by atoms with Gasteiger partial charge in [0.05, 0.1) is 7.11 Å². The van der Waals surface area contributed by atoms with Gasteiger partial charge in [-0.25, -0.2) is 4.79 Å². The van der Waals surface area contributed by atoms with Crippen LogP contribution in [0.1, 0.15) is 28.0 Å². The molecule has 0 bridgehead atoms. The molecule has 22 heavy (non-hydrogen) atoms. The number of H-pyrrole nitrogens is 1. The Morgan fingerprint density at radius 3 is 2.82 bits per heavy atom. The van der Waals surface area contributed by atoms with Crippen molar-refractivity contribution in [3.8, 4) is 0 Å². The van der Waals surface area contributed by atoms with Crippen molar-refractivity contribution in [1.29, 1.82) is 0 Å². The van der Waals surface area contributed by atoms with Crippen LogP contribution in [0, 0.1) is 0 Å². The predicted octanol–water partition coefficient (Wildman–Crippen LogP) is 2.43. The summed E-state index contributed by atoms with van der Waals surface area (Å²) >= 11 is 0. The average Bonchev–Trinajstić information content (AvgIpc) is 2.99. The van der Waals surface area contributed by atoms with E-state index in [1.807, 2.05) is 24.3 Å². The number of aromatic amines is 1. The molecule has 2 aromatic rings. The molecule has 0 radical (unpaired) electrons. The van der Waals surface area contributed by atoms with Gasteiger partial charge in [-0.1, -0.05) is 12.1 Å². The topological polar surface area (TPSA) is 91.4 Å². The minimum atomic E-state index is -0.805. The number of ether oxygens (including phenoxy) is 1. The molecule has 0 spiro atoms. The molecule has 1 heterocycles. The number of aliphatic carboxylic acids is 1. The Bertz CT molecular complexity index is 664. The summed E-state index contributed by atoms with van der Waals surface area (Å²) in [6, 6.07) is 9.36. The normalized spacial score (nSPS) is 10.2. The van der Waals surface area contributed by atoms with Crippen molar-refractivity contribution < 1.29 is 19.4 Å². The maximum atomic E-state index is 11.4. The van der Waals surface area contributed by atoms with Crippen LogP contribution in [0.5, 0.6) is 0 Å². The molecular formula is C16H18N2O4. The van der Waals surface area contributed by atoms with Crippen LogP contribution in [-0.2, 0) is 22.5 Å². The molecule has 6 heteroatoms. The number of hydrogen-bond donors (Lipinski definition) is 3. The Kier molecular flexibility index (Phi) is 5.19. The third-order valence-corrected chi connectivity index (χ3v) is 3.20. The Labute approximate surface area is 128 Å². The van der Waals surface area contributed by atoms with Crippen molar-refractivity contribution in [1.82, 2.24) is 4.98 Å². The van der Waals surface area contributed by atoms with E-state index in [2.05, 4.69) is 15.0 Å². The van der Waals surface area contributed by atoms with Gasteiger partial charge in [-0.05, 0) is 35.7 Å². The van der Waals surface area contributed by atoms with Crippen molar-refractivity contribution in [2.24, 2.45) is 0 Å². The Balaban J connectivity index is 1.93. The number of aromatic nitrogens is 1. The van der Waals surface area contributed by atoms with E-state index >= 15 is 0 Å². The quantitative estimate of drug-likeness (QED) is 0.683. The molecular weight excluding hydrogens is 284 g/mol. The van der Waals surface area contributed by atoms with Crippen LogP contribution in [-0.4, -0.2) is 29.1 Å². The number of hydrogen-bond acceptors (Lipinski definition) is 4. The molecule has 0 aliphatic heterocycles. The summed E-state index contributed by atoms with van der Waals surface area (Å²) in [4.78, 5) is 24.8. The van der Waals surface area contributed by atoms with Crippen molar-refractivity contribution >= 4 is 17.6 Å². The number of carboxylic acid groups (broad SMARTS) is 1. The summed E-state index contributed by atoms with van der Waals surface area (Å²) in [6.45, 7) is 0.551. The van der Waals surface area contributed by atoms with Crippen LogP contribution < -0.4 is 5.32 Å². The summed E-state index contributed by atoms with van der Waals surface area (Å²) < 4.78 is 4.64. The molecule has 3 N–H and O–H groups in total. The number of carbonyl (C=O) groups is 2. The summed E-state index contributed by atoms with van der Waals surface area (Å²) in [6.07, 6.45) is 2.36. The average molecular weight is 302 g/mol. The zero-order valence-corrected chi connectivity index (χ0v) is 12.3. The van der Waals surface area contributed by atoms with E-state index in [1.54, 1.807) is 12.3 Å². The van der Waals surface area contributed by atoms with Gasteiger partial charge in [0.25, 0.3) is 0 Å².